The van der Waals surface area contributed by atoms with Crippen LogP contribution in [0, 0.1) is 12.8 Å². The monoisotopic (exact) mass is 393 g/mol. The van der Waals surface area contributed by atoms with Gasteiger partial charge in [-0.3, -0.25) is 0 Å². The second kappa shape index (κ2) is 13.0. The van der Waals surface area contributed by atoms with Gasteiger partial charge in [0.05, 0.1) is 6.61 Å². The predicted molar refractivity (Wildman–Crippen MR) is 129 cm³/mol. The highest BCUT2D eigenvalue weighted by Crippen LogP contribution is 2.21. The Labute approximate surface area is 178 Å². The third-order valence-corrected chi connectivity index (χ3v) is 4.86. The van der Waals surface area contributed by atoms with Gasteiger partial charge in [0.15, 0.2) is 0 Å². The summed E-state index contributed by atoms with van der Waals surface area (Å²) in [6, 6.07) is 6.70. The van der Waals surface area contributed by atoms with Crippen molar-refractivity contribution < 1.29 is 4.74 Å². The summed E-state index contributed by atoms with van der Waals surface area (Å²) in [5, 5.41) is 3.38. The number of rotatable bonds is 12. The topological polar surface area (TPSA) is 21.3 Å². The average molecular weight is 394 g/mol. The normalized spacial score (nSPS) is 13.4. The number of nitrogens with one attached hydrogen (secondary N) is 1. The van der Waals surface area contributed by atoms with Gasteiger partial charge in [-0.05, 0) is 59.7 Å². The molecule has 1 rings (SSSR count). The fourth-order valence-corrected chi connectivity index (χ4v) is 2.52. The van der Waals surface area contributed by atoms with E-state index in [9.17, 15) is 0 Å². The maximum Gasteiger partial charge on any atom is 0.119 e. The summed E-state index contributed by atoms with van der Waals surface area (Å²) in [4.78, 5) is 0. The first-order valence-corrected chi connectivity index (χ1v) is 10.6. The molecule has 1 N–H and O–H groups in total. The van der Waals surface area contributed by atoms with Crippen LogP contribution in [0.4, 0.5) is 0 Å². The molecule has 158 valence electrons. The number of allylic oxidation sites excluding steroid dienone is 5. The number of ether oxygens (including phenoxy) is 1. The van der Waals surface area contributed by atoms with Gasteiger partial charge >= 0.3 is 0 Å². The van der Waals surface area contributed by atoms with Crippen molar-refractivity contribution in [3.63, 3.8) is 0 Å². The van der Waals surface area contributed by atoms with E-state index in [-0.39, 0.29) is 0 Å². The molecule has 0 aliphatic rings. The Hall–Kier alpha value is -2.32. The van der Waals surface area contributed by atoms with Crippen molar-refractivity contribution in [2.24, 2.45) is 5.92 Å². The predicted octanol–water partition coefficient (Wildman–Crippen LogP) is 7.05. The molecule has 0 fully saturated rings. The van der Waals surface area contributed by atoms with Gasteiger partial charge in [-0.25, -0.2) is 0 Å². The number of hydrogen-bond acceptors (Lipinski definition) is 2. The number of hydrogen-bond donors (Lipinski definition) is 1. The van der Waals surface area contributed by atoms with Gasteiger partial charge in [-0.2, -0.15) is 0 Å². The van der Waals surface area contributed by atoms with Gasteiger partial charge in [0, 0.05) is 12.6 Å². The van der Waals surface area contributed by atoms with E-state index in [4.69, 9.17) is 4.74 Å². The van der Waals surface area contributed by atoms with Crippen molar-refractivity contribution in [1.29, 1.82) is 0 Å². The van der Waals surface area contributed by atoms with E-state index in [1.807, 2.05) is 13.0 Å². The summed E-state index contributed by atoms with van der Waals surface area (Å²) in [5.41, 5.74) is 5.48. The van der Waals surface area contributed by atoms with E-state index >= 15 is 0 Å². The second-order valence-electron chi connectivity index (χ2n) is 7.97. The summed E-state index contributed by atoms with van der Waals surface area (Å²) in [6.45, 7) is 22.7. The van der Waals surface area contributed by atoms with E-state index in [0.29, 0.717) is 12.0 Å². The highest BCUT2D eigenvalue weighted by atomic mass is 16.5. The number of aryl methyl sites for hydroxylation is 1. The first-order valence-electron chi connectivity index (χ1n) is 10.6. The molecule has 0 saturated carbocycles. The molecule has 2 nitrogen and oxygen atoms in total. The van der Waals surface area contributed by atoms with Crippen LogP contribution in [0.5, 0.6) is 5.75 Å². The van der Waals surface area contributed by atoms with Crippen molar-refractivity contribution in [1.82, 2.24) is 5.32 Å². The van der Waals surface area contributed by atoms with Crippen LogP contribution in [0.3, 0.4) is 0 Å². The Morgan fingerprint density at radius 2 is 1.86 bits per heavy atom. The van der Waals surface area contributed by atoms with Gasteiger partial charge < -0.3 is 10.1 Å². The van der Waals surface area contributed by atoms with E-state index in [2.05, 4.69) is 95.6 Å². The molecule has 29 heavy (non-hydrogen) atoms. The molecule has 0 spiro atoms. The molecular weight excluding hydrogens is 354 g/mol. The lowest BCUT2D eigenvalue weighted by Crippen LogP contribution is -2.24. The zero-order valence-corrected chi connectivity index (χ0v) is 19.2. The van der Waals surface area contributed by atoms with Crippen molar-refractivity contribution in [2.75, 3.05) is 13.2 Å². The van der Waals surface area contributed by atoms with Crippen LogP contribution < -0.4 is 10.1 Å². The van der Waals surface area contributed by atoms with E-state index in [0.717, 1.165) is 47.6 Å². The zero-order valence-electron chi connectivity index (χ0n) is 19.2. The minimum absolute atomic E-state index is 0.451. The standard InChI is InChI=1S/C27H39NO/c1-9-21(5)19-29-27-16-13-24(8)26(17-27)15-12-23(7)25(10-2)14-11-22(6)18-28-20(3)4/h10-17,20-21,28H,6-7,9,18-19H2,1-5,8H3/b14-11-,15-12-,25-10+. The first-order chi connectivity index (χ1) is 13.8. The van der Waals surface area contributed by atoms with E-state index < -0.39 is 0 Å². The molecule has 2 heteroatoms. The third-order valence-electron chi connectivity index (χ3n) is 4.86. The minimum Gasteiger partial charge on any atom is -0.493 e. The Morgan fingerprint density at radius 1 is 1.14 bits per heavy atom. The van der Waals surface area contributed by atoms with Gasteiger partial charge in [0.2, 0.25) is 0 Å². The lowest BCUT2D eigenvalue weighted by molar-refractivity contribution is 0.256. The van der Waals surface area contributed by atoms with Crippen LogP contribution in [0.1, 0.15) is 52.2 Å². The molecule has 0 amide bonds. The zero-order chi connectivity index (χ0) is 21.8. The van der Waals surface area contributed by atoms with Crippen LogP contribution in [-0.2, 0) is 0 Å². The van der Waals surface area contributed by atoms with E-state index in [1.165, 1.54) is 5.56 Å². The Kier molecular flexibility index (Phi) is 11.1. The Balaban J connectivity index is 2.79. The van der Waals surface area contributed by atoms with Crippen LogP contribution in [0.15, 0.2) is 72.4 Å². The molecule has 0 bridgehead atoms. The molecule has 0 aliphatic heterocycles. The fourth-order valence-electron chi connectivity index (χ4n) is 2.52. The highest BCUT2D eigenvalue weighted by molar-refractivity contribution is 5.61. The van der Waals surface area contributed by atoms with Crippen molar-refractivity contribution >= 4 is 6.08 Å². The lowest BCUT2D eigenvalue weighted by atomic mass is 10.0. The maximum atomic E-state index is 5.94. The van der Waals surface area contributed by atoms with Gasteiger partial charge in [-0.15, -0.1) is 0 Å². The smallest absolute Gasteiger partial charge is 0.119 e. The van der Waals surface area contributed by atoms with Gasteiger partial charge in [0.1, 0.15) is 5.75 Å². The molecule has 1 atom stereocenters. The average Bonchev–Trinajstić information content (AvgIpc) is 2.70. The van der Waals surface area contributed by atoms with Crippen LogP contribution >= 0.6 is 0 Å². The van der Waals surface area contributed by atoms with Gasteiger partial charge in [-0.1, -0.05) is 83.7 Å². The van der Waals surface area contributed by atoms with Crippen LogP contribution in [-0.4, -0.2) is 19.2 Å². The lowest BCUT2D eigenvalue weighted by Gasteiger charge is -2.12. The summed E-state index contributed by atoms with van der Waals surface area (Å²) in [6.07, 6.45) is 11.5. The fraction of sp³-hybridized carbons (Fsp3) is 0.407. The SMILES string of the molecule is C=C(/C=C\C(=C/C)C(=C)/C=C\c1cc(OCC(C)CC)ccc1C)CNC(C)C. The van der Waals surface area contributed by atoms with Crippen molar-refractivity contribution in [3.8, 4) is 5.75 Å². The summed E-state index contributed by atoms with van der Waals surface area (Å²) < 4.78 is 5.94. The highest BCUT2D eigenvalue weighted by Gasteiger charge is 2.03. The first kappa shape index (κ1) is 24.7. The molecule has 1 unspecified atom stereocenters. The third kappa shape index (κ3) is 9.62. The summed E-state index contributed by atoms with van der Waals surface area (Å²) in [5.74, 6) is 1.48. The van der Waals surface area contributed by atoms with Gasteiger partial charge in [0.25, 0.3) is 0 Å². The summed E-state index contributed by atoms with van der Waals surface area (Å²) >= 11 is 0. The largest absolute Gasteiger partial charge is 0.493 e. The molecule has 1 aromatic rings. The molecule has 0 aliphatic carbocycles. The number of benzene rings is 1. The van der Waals surface area contributed by atoms with Crippen LogP contribution in [0.2, 0.25) is 0 Å². The molecule has 0 aromatic heterocycles. The summed E-state index contributed by atoms with van der Waals surface area (Å²) in [7, 11) is 0. The molecule has 0 radical (unpaired) electrons. The maximum absolute atomic E-state index is 5.94. The Bertz CT molecular complexity index is 765. The minimum atomic E-state index is 0.451. The molecule has 0 heterocycles. The van der Waals surface area contributed by atoms with Crippen molar-refractivity contribution in [3.05, 3.63) is 83.5 Å². The molecule has 0 saturated heterocycles. The molecular formula is C27H39NO. The van der Waals surface area contributed by atoms with Crippen molar-refractivity contribution in [2.45, 2.75) is 54.0 Å². The second-order valence-corrected chi connectivity index (χ2v) is 7.97. The van der Waals surface area contributed by atoms with Crippen LogP contribution in [0.25, 0.3) is 6.08 Å². The van der Waals surface area contributed by atoms with E-state index in [1.54, 1.807) is 0 Å². The molecule has 1 aromatic carbocycles. The quantitative estimate of drug-likeness (QED) is 0.384. The Morgan fingerprint density at radius 3 is 2.48 bits per heavy atom.